The maximum absolute atomic E-state index is 12.8. The number of hydrazine groups is 1. The molecule has 25 heavy (non-hydrogen) atoms. The standard InChI is InChI=1S/C17H20N4O4/c22-16-12-4-1-2-5-13(12)17(23)15-14(16)18-21(24)20(15)7-3-6-19-8-10-25-11-9-19/h1-2,4-5,14-15H,3,6-11H2. The Morgan fingerprint density at radius 3 is 2.52 bits per heavy atom. The molecule has 8 nitrogen and oxygen atoms in total. The Hall–Kier alpha value is -2.32. The molecule has 2 unspecified atom stereocenters. The fourth-order valence-electron chi connectivity index (χ4n) is 3.72. The second-order valence-electron chi connectivity index (χ2n) is 6.50. The van der Waals surface area contributed by atoms with Crippen molar-refractivity contribution in [3.05, 3.63) is 40.6 Å². The van der Waals surface area contributed by atoms with Crippen molar-refractivity contribution in [1.82, 2.24) is 9.91 Å². The van der Waals surface area contributed by atoms with Crippen molar-refractivity contribution in [2.24, 2.45) is 5.11 Å². The minimum absolute atomic E-state index is 0.200. The Kier molecular flexibility index (Phi) is 4.22. The molecule has 0 aromatic heterocycles. The van der Waals surface area contributed by atoms with Gasteiger partial charge in [-0.1, -0.05) is 24.3 Å². The number of ketones is 2. The quantitative estimate of drug-likeness (QED) is 0.591. The average Bonchev–Trinajstić information content (AvgIpc) is 2.98. The summed E-state index contributed by atoms with van der Waals surface area (Å²) in [5, 5.41) is 17.5. The monoisotopic (exact) mass is 344 g/mol. The van der Waals surface area contributed by atoms with Gasteiger partial charge in [0.15, 0.2) is 17.6 Å². The van der Waals surface area contributed by atoms with Crippen LogP contribution < -0.4 is 0 Å². The molecule has 1 aromatic rings. The molecule has 0 radical (unpaired) electrons. The first-order chi connectivity index (χ1) is 12.2. The molecule has 0 saturated carbocycles. The van der Waals surface area contributed by atoms with Crippen molar-refractivity contribution in [3.63, 3.8) is 0 Å². The van der Waals surface area contributed by atoms with Gasteiger partial charge in [0, 0.05) is 40.8 Å². The first kappa shape index (κ1) is 16.2. The number of hydrogen-bond acceptors (Lipinski definition) is 7. The van der Waals surface area contributed by atoms with Gasteiger partial charge in [-0.15, -0.1) is 5.01 Å². The third kappa shape index (κ3) is 2.81. The van der Waals surface area contributed by atoms with Gasteiger partial charge in [-0.25, -0.2) is 0 Å². The van der Waals surface area contributed by atoms with Crippen LogP contribution in [0.1, 0.15) is 27.1 Å². The Balaban J connectivity index is 1.48. The SMILES string of the molecule is O=C1c2ccccc2C(=O)C2C1N=[N+]([O-])N2CCCN1CCOCC1. The zero-order valence-electron chi connectivity index (χ0n) is 13.8. The fourth-order valence-corrected chi connectivity index (χ4v) is 3.72. The van der Waals surface area contributed by atoms with Crippen LogP contribution in [0, 0.1) is 5.21 Å². The van der Waals surface area contributed by atoms with Crippen molar-refractivity contribution >= 4 is 11.6 Å². The number of morpholine rings is 1. The number of carbonyl (C=O) groups excluding carboxylic acids is 2. The molecular weight excluding hydrogens is 324 g/mol. The lowest BCUT2D eigenvalue weighted by Gasteiger charge is -2.28. The van der Waals surface area contributed by atoms with Crippen LogP contribution in [0.15, 0.2) is 29.4 Å². The van der Waals surface area contributed by atoms with Crippen LogP contribution in [0.2, 0.25) is 0 Å². The summed E-state index contributed by atoms with van der Waals surface area (Å²) in [6.07, 6.45) is 0.723. The van der Waals surface area contributed by atoms with E-state index >= 15 is 0 Å². The molecule has 0 bridgehead atoms. The molecule has 1 aliphatic carbocycles. The van der Waals surface area contributed by atoms with Crippen LogP contribution in [0.3, 0.4) is 0 Å². The highest BCUT2D eigenvalue weighted by Gasteiger charge is 2.53. The van der Waals surface area contributed by atoms with Crippen LogP contribution in [0.5, 0.6) is 0 Å². The number of fused-ring (bicyclic) bond motifs is 2. The van der Waals surface area contributed by atoms with Crippen LogP contribution in [0.25, 0.3) is 0 Å². The number of nitrogens with zero attached hydrogens (tertiary/aromatic N) is 4. The van der Waals surface area contributed by atoms with Gasteiger partial charge in [0.2, 0.25) is 6.04 Å². The van der Waals surface area contributed by atoms with E-state index in [1.807, 2.05) is 0 Å². The summed E-state index contributed by atoms with van der Waals surface area (Å²) in [5.74, 6) is -0.453. The van der Waals surface area contributed by atoms with E-state index in [0.29, 0.717) is 22.6 Å². The lowest BCUT2D eigenvalue weighted by molar-refractivity contribution is -0.679. The van der Waals surface area contributed by atoms with Gasteiger partial charge >= 0.3 is 0 Å². The molecule has 3 aliphatic rings. The molecule has 2 heterocycles. The number of benzene rings is 1. The number of hydrogen-bond donors (Lipinski definition) is 0. The molecule has 0 N–H and O–H groups in total. The number of carbonyl (C=O) groups is 2. The van der Waals surface area contributed by atoms with Crippen molar-refractivity contribution in [2.45, 2.75) is 18.5 Å². The Morgan fingerprint density at radius 1 is 1.12 bits per heavy atom. The Morgan fingerprint density at radius 2 is 1.80 bits per heavy atom. The third-order valence-corrected chi connectivity index (χ3v) is 5.02. The van der Waals surface area contributed by atoms with E-state index in [0.717, 1.165) is 39.3 Å². The van der Waals surface area contributed by atoms with E-state index in [1.54, 1.807) is 24.3 Å². The molecule has 132 valence electrons. The first-order valence-corrected chi connectivity index (χ1v) is 8.59. The van der Waals surface area contributed by atoms with Gasteiger partial charge in [0.1, 0.15) is 0 Å². The van der Waals surface area contributed by atoms with Crippen molar-refractivity contribution in [1.29, 1.82) is 0 Å². The second-order valence-corrected chi connectivity index (χ2v) is 6.50. The van der Waals surface area contributed by atoms with Gasteiger partial charge in [0.05, 0.1) is 19.8 Å². The van der Waals surface area contributed by atoms with Crippen molar-refractivity contribution in [3.8, 4) is 0 Å². The Bertz CT molecular complexity index is 729. The predicted molar refractivity (Wildman–Crippen MR) is 87.3 cm³/mol. The molecule has 8 heteroatoms. The lowest BCUT2D eigenvalue weighted by Crippen LogP contribution is -2.51. The van der Waals surface area contributed by atoms with Crippen LogP contribution in [0.4, 0.5) is 0 Å². The minimum Gasteiger partial charge on any atom is -0.571 e. The molecule has 0 amide bonds. The summed E-state index contributed by atoms with van der Waals surface area (Å²) in [4.78, 5) is 28.1. The maximum Gasteiger partial charge on any atom is 0.213 e. The zero-order chi connectivity index (χ0) is 17.4. The molecule has 0 spiro atoms. The summed E-state index contributed by atoms with van der Waals surface area (Å²) < 4.78 is 5.32. The number of ether oxygens (including phenoxy) is 1. The third-order valence-electron chi connectivity index (χ3n) is 5.02. The highest BCUT2D eigenvalue weighted by atomic mass is 16.6. The normalized spacial score (nSPS) is 26.4. The topological polar surface area (TPSA) is 88.3 Å². The van der Waals surface area contributed by atoms with Gasteiger partial charge in [-0.05, 0) is 6.42 Å². The zero-order valence-corrected chi connectivity index (χ0v) is 13.8. The largest absolute Gasteiger partial charge is 0.571 e. The van der Waals surface area contributed by atoms with E-state index in [2.05, 4.69) is 10.0 Å². The highest BCUT2D eigenvalue weighted by molar-refractivity contribution is 6.19. The molecule has 1 fully saturated rings. The highest BCUT2D eigenvalue weighted by Crippen LogP contribution is 2.30. The van der Waals surface area contributed by atoms with Crippen molar-refractivity contribution < 1.29 is 19.3 Å². The number of rotatable bonds is 4. The van der Waals surface area contributed by atoms with Gasteiger partial charge in [-0.3, -0.25) is 14.5 Å². The molecular formula is C17H20N4O4. The van der Waals surface area contributed by atoms with E-state index in [1.165, 1.54) is 5.01 Å². The van der Waals surface area contributed by atoms with Crippen molar-refractivity contribution in [2.75, 3.05) is 39.4 Å². The average molecular weight is 344 g/mol. The summed E-state index contributed by atoms with van der Waals surface area (Å²) >= 11 is 0. The summed E-state index contributed by atoms with van der Waals surface area (Å²) in [6.45, 7) is 4.42. The van der Waals surface area contributed by atoms with Crippen LogP contribution >= 0.6 is 0 Å². The van der Waals surface area contributed by atoms with E-state index in [-0.39, 0.29) is 11.6 Å². The lowest BCUT2D eigenvalue weighted by atomic mass is 9.83. The fraction of sp³-hybridized carbons (Fsp3) is 0.529. The molecule has 1 saturated heterocycles. The smallest absolute Gasteiger partial charge is 0.213 e. The summed E-state index contributed by atoms with van der Waals surface area (Å²) in [6, 6.07) is 4.97. The molecule has 2 aliphatic heterocycles. The van der Waals surface area contributed by atoms with E-state index in [4.69, 9.17) is 4.74 Å². The molecule has 2 atom stereocenters. The summed E-state index contributed by atoms with van der Waals surface area (Å²) in [5.41, 5.74) is 0.749. The van der Waals surface area contributed by atoms with Crippen LogP contribution in [-0.4, -0.2) is 77.9 Å². The predicted octanol–water partition coefficient (Wildman–Crippen LogP) is 0.718. The maximum atomic E-state index is 12.8. The van der Waals surface area contributed by atoms with Gasteiger partial charge < -0.3 is 9.94 Å². The molecule has 4 rings (SSSR count). The summed E-state index contributed by atoms with van der Waals surface area (Å²) in [7, 11) is 0. The molecule has 1 aromatic carbocycles. The van der Waals surface area contributed by atoms with Gasteiger partial charge in [-0.2, -0.15) is 0 Å². The Labute approximate surface area is 145 Å². The van der Waals surface area contributed by atoms with E-state index < -0.39 is 12.1 Å². The van der Waals surface area contributed by atoms with Crippen LogP contribution in [-0.2, 0) is 4.74 Å². The first-order valence-electron chi connectivity index (χ1n) is 8.59. The minimum atomic E-state index is -0.928. The second kappa shape index (κ2) is 6.53. The van der Waals surface area contributed by atoms with E-state index in [9.17, 15) is 14.8 Å². The number of Topliss-reactive ketones (excluding diaryl/α,β-unsaturated/α-hetero) is 2. The van der Waals surface area contributed by atoms with Gasteiger partial charge in [0.25, 0.3) is 0 Å².